The maximum atomic E-state index is 5.58. The summed E-state index contributed by atoms with van der Waals surface area (Å²) in [4.78, 5) is 2.51. The van der Waals surface area contributed by atoms with Crippen LogP contribution in [0.5, 0.6) is 5.75 Å². The fraction of sp³-hybridized carbons (Fsp3) is 0.625. The van der Waals surface area contributed by atoms with Crippen molar-refractivity contribution < 1.29 is 4.74 Å². The molecule has 1 aliphatic rings. The van der Waals surface area contributed by atoms with E-state index in [0.717, 1.165) is 51.5 Å². The molecule has 1 fully saturated rings. The molecule has 0 aliphatic carbocycles. The maximum absolute atomic E-state index is 5.58. The molecule has 112 valence electrons. The molecule has 0 aromatic heterocycles. The van der Waals surface area contributed by atoms with Crippen LogP contribution in [0.25, 0.3) is 0 Å². The Bertz CT molecular complexity index is 360. The zero-order valence-electron chi connectivity index (χ0n) is 12.5. The number of benzene rings is 1. The lowest BCUT2D eigenvalue weighted by Crippen LogP contribution is -2.45. The molecule has 0 saturated carbocycles. The molecule has 4 heteroatoms. The van der Waals surface area contributed by atoms with E-state index < -0.39 is 0 Å². The molecule has 4 nitrogen and oxygen atoms in total. The fourth-order valence-electron chi connectivity index (χ4n) is 2.33. The minimum absolute atomic E-state index is 0.794. The second-order valence-corrected chi connectivity index (χ2v) is 5.26. The standard InChI is InChI=1S/C16H27N3O/c1-2-13-20-16-5-3-15(4-6-16)14-18-9-12-19-10-7-17-8-11-19/h3-6,17-18H,2,7-14H2,1H3. The van der Waals surface area contributed by atoms with Gasteiger partial charge < -0.3 is 15.4 Å². The van der Waals surface area contributed by atoms with Gasteiger partial charge >= 0.3 is 0 Å². The van der Waals surface area contributed by atoms with E-state index in [0.29, 0.717) is 0 Å². The van der Waals surface area contributed by atoms with Crippen LogP contribution in [-0.4, -0.2) is 50.8 Å². The normalized spacial score (nSPS) is 16.2. The Morgan fingerprint density at radius 2 is 1.95 bits per heavy atom. The van der Waals surface area contributed by atoms with Gasteiger partial charge in [0.2, 0.25) is 0 Å². The van der Waals surface area contributed by atoms with Crippen LogP contribution in [0, 0.1) is 0 Å². The Hall–Kier alpha value is -1.10. The monoisotopic (exact) mass is 277 g/mol. The Labute approximate surface area is 122 Å². The summed E-state index contributed by atoms with van der Waals surface area (Å²) < 4.78 is 5.58. The molecular weight excluding hydrogens is 250 g/mol. The number of ether oxygens (including phenoxy) is 1. The van der Waals surface area contributed by atoms with E-state index in [2.05, 4.69) is 46.7 Å². The van der Waals surface area contributed by atoms with Crippen molar-refractivity contribution in [1.82, 2.24) is 15.5 Å². The summed E-state index contributed by atoms with van der Waals surface area (Å²) in [5.41, 5.74) is 1.31. The quantitative estimate of drug-likeness (QED) is 0.706. The van der Waals surface area contributed by atoms with Gasteiger partial charge in [0, 0.05) is 45.8 Å². The van der Waals surface area contributed by atoms with Gasteiger partial charge in [-0.05, 0) is 24.1 Å². The van der Waals surface area contributed by atoms with Crippen LogP contribution in [0.1, 0.15) is 18.9 Å². The van der Waals surface area contributed by atoms with Crippen LogP contribution in [0.3, 0.4) is 0 Å². The highest BCUT2D eigenvalue weighted by Gasteiger charge is 2.07. The second kappa shape index (κ2) is 8.95. The summed E-state index contributed by atoms with van der Waals surface area (Å²) in [5.74, 6) is 0.969. The van der Waals surface area contributed by atoms with Crippen molar-refractivity contribution in [3.8, 4) is 5.75 Å². The van der Waals surface area contributed by atoms with Crippen LogP contribution in [-0.2, 0) is 6.54 Å². The summed E-state index contributed by atoms with van der Waals surface area (Å²) in [7, 11) is 0. The van der Waals surface area contributed by atoms with Gasteiger partial charge in [0.15, 0.2) is 0 Å². The smallest absolute Gasteiger partial charge is 0.119 e. The molecule has 0 radical (unpaired) electrons. The average Bonchev–Trinajstić information content (AvgIpc) is 2.52. The SMILES string of the molecule is CCCOc1ccc(CNCCN2CCNCC2)cc1. The number of rotatable bonds is 8. The number of nitrogens with zero attached hydrogens (tertiary/aromatic N) is 1. The van der Waals surface area contributed by atoms with Crippen LogP contribution >= 0.6 is 0 Å². The first-order valence-electron chi connectivity index (χ1n) is 7.74. The zero-order valence-corrected chi connectivity index (χ0v) is 12.5. The minimum Gasteiger partial charge on any atom is -0.494 e. The van der Waals surface area contributed by atoms with Gasteiger partial charge in [0.1, 0.15) is 5.75 Å². The van der Waals surface area contributed by atoms with Crippen LogP contribution in [0.15, 0.2) is 24.3 Å². The predicted molar refractivity (Wildman–Crippen MR) is 83.2 cm³/mol. The van der Waals surface area contributed by atoms with Gasteiger partial charge in [-0.2, -0.15) is 0 Å². The van der Waals surface area contributed by atoms with Crippen molar-refractivity contribution >= 4 is 0 Å². The van der Waals surface area contributed by atoms with Gasteiger partial charge in [0.05, 0.1) is 6.61 Å². The van der Waals surface area contributed by atoms with Crippen LogP contribution in [0.4, 0.5) is 0 Å². The van der Waals surface area contributed by atoms with Crippen molar-refractivity contribution in [3.63, 3.8) is 0 Å². The Morgan fingerprint density at radius 1 is 1.20 bits per heavy atom. The van der Waals surface area contributed by atoms with Gasteiger partial charge in [-0.15, -0.1) is 0 Å². The van der Waals surface area contributed by atoms with E-state index in [-0.39, 0.29) is 0 Å². The molecule has 0 bridgehead atoms. The topological polar surface area (TPSA) is 36.5 Å². The first-order chi connectivity index (χ1) is 9.88. The van der Waals surface area contributed by atoms with Crippen molar-refractivity contribution in [2.75, 3.05) is 45.9 Å². The summed E-state index contributed by atoms with van der Waals surface area (Å²) >= 11 is 0. The lowest BCUT2D eigenvalue weighted by atomic mass is 10.2. The van der Waals surface area contributed by atoms with Gasteiger partial charge in [0.25, 0.3) is 0 Å². The summed E-state index contributed by atoms with van der Waals surface area (Å²) in [5, 5.41) is 6.89. The van der Waals surface area contributed by atoms with Crippen molar-refractivity contribution in [3.05, 3.63) is 29.8 Å². The van der Waals surface area contributed by atoms with Crippen LogP contribution < -0.4 is 15.4 Å². The molecule has 0 spiro atoms. The summed E-state index contributed by atoms with van der Waals surface area (Å²) in [6.07, 6.45) is 1.05. The third kappa shape index (κ3) is 5.49. The molecule has 1 aromatic carbocycles. The Kier molecular flexibility index (Phi) is 6.84. The first-order valence-corrected chi connectivity index (χ1v) is 7.74. The number of hydrogen-bond donors (Lipinski definition) is 2. The Balaban J connectivity index is 1.61. The van der Waals surface area contributed by atoms with E-state index in [4.69, 9.17) is 4.74 Å². The third-order valence-electron chi connectivity index (χ3n) is 3.54. The number of nitrogens with one attached hydrogen (secondary N) is 2. The molecule has 0 amide bonds. The number of piperazine rings is 1. The van der Waals surface area contributed by atoms with Gasteiger partial charge in [-0.1, -0.05) is 19.1 Å². The lowest BCUT2D eigenvalue weighted by molar-refractivity contribution is 0.241. The average molecular weight is 277 g/mol. The largest absolute Gasteiger partial charge is 0.494 e. The molecule has 1 aromatic rings. The molecule has 0 unspecified atom stereocenters. The highest BCUT2D eigenvalue weighted by molar-refractivity contribution is 5.27. The predicted octanol–water partition coefficient (Wildman–Crippen LogP) is 1.47. The van der Waals surface area contributed by atoms with Crippen LogP contribution in [0.2, 0.25) is 0 Å². The molecule has 2 N–H and O–H groups in total. The van der Waals surface area contributed by atoms with E-state index in [1.807, 2.05) is 0 Å². The van der Waals surface area contributed by atoms with E-state index in [1.54, 1.807) is 0 Å². The first kappa shape index (κ1) is 15.3. The van der Waals surface area contributed by atoms with Crippen molar-refractivity contribution in [2.45, 2.75) is 19.9 Å². The number of hydrogen-bond acceptors (Lipinski definition) is 4. The summed E-state index contributed by atoms with van der Waals surface area (Å²) in [6.45, 7) is 10.6. The summed E-state index contributed by atoms with van der Waals surface area (Å²) in [6, 6.07) is 8.40. The molecule has 1 heterocycles. The second-order valence-electron chi connectivity index (χ2n) is 5.26. The minimum atomic E-state index is 0.794. The highest BCUT2D eigenvalue weighted by atomic mass is 16.5. The maximum Gasteiger partial charge on any atom is 0.119 e. The third-order valence-corrected chi connectivity index (χ3v) is 3.54. The molecule has 1 aliphatic heterocycles. The van der Waals surface area contributed by atoms with E-state index in [1.165, 1.54) is 18.7 Å². The molecule has 2 rings (SSSR count). The van der Waals surface area contributed by atoms with E-state index >= 15 is 0 Å². The van der Waals surface area contributed by atoms with Crippen molar-refractivity contribution in [1.29, 1.82) is 0 Å². The Morgan fingerprint density at radius 3 is 2.65 bits per heavy atom. The molecule has 20 heavy (non-hydrogen) atoms. The zero-order chi connectivity index (χ0) is 14.0. The van der Waals surface area contributed by atoms with E-state index in [9.17, 15) is 0 Å². The van der Waals surface area contributed by atoms with Gasteiger partial charge in [-0.3, -0.25) is 4.90 Å². The highest BCUT2D eigenvalue weighted by Crippen LogP contribution is 2.12. The molecular formula is C16H27N3O. The lowest BCUT2D eigenvalue weighted by Gasteiger charge is -2.27. The fourth-order valence-corrected chi connectivity index (χ4v) is 2.33. The van der Waals surface area contributed by atoms with Crippen molar-refractivity contribution in [2.24, 2.45) is 0 Å². The molecule has 1 saturated heterocycles. The molecule has 0 atom stereocenters. The van der Waals surface area contributed by atoms with Gasteiger partial charge in [-0.25, -0.2) is 0 Å².